The molecule has 30 heavy (non-hydrogen) atoms. The zero-order valence-electron chi connectivity index (χ0n) is 16.6. The monoisotopic (exact) mass is 407 g/mol. The second-order valence-electron chi connectivity index (χ2n) is 7.90. The summed E-state index contributed by atoms with van der Waals surface area (Å²) in [5.41, 5.74) is 1.66. The van der Waals surface area contributed by atoms with Crippen LogP contribution in [0.5, 0.6) is 0 Å². The van der Waals surface area contributed by atoms with Gasteiger partial charge in [-0.3, -0.25) is 24.5 Å². The van der Waals surface area contributed by atoms with Crippen molar-refractivity contribution in [1.29, 1.82) is 0 Å². The smallest absolute Gasteiger partial charge is 0.261 e. The highest BCUT2D eigenvalue weighted by atomic mass is 19.1. The van der Waals surface area contributed by atoms with Gasteiger partial charge in [-0.05, 0) is 37.3 Å². The Kier molecular flexibility index (Phi) is 4.51. The van der Waals surface area contributed by atoms with E-state index in [4.69, 9.17) is 0 Å². The number of amides is 2. The third-order valence-corrected chi connectivity index (χ3v) is 5.97. The minimum Gasteiger partial charge on any atom is -0.352 e. The molecule has 3 heterocycles. The first kappa shape index (κ1) is 18.7. The van der Waals surface area contributed by atoms with E-state index < -0.39 is 0 Å². The molecule has 0 aliphatic carbocycles. The van der Waals surface area contributed by atoms with Crippen LogP contribution in [0, 0.1) is 5.82 Å². The predicted octanol–water partition coefficient (Wildman–Crippen LogP) is 2.51. The molecule has 0 saturated carbocycles. The van der Waals surface area contributed by atoms with Crippen LogP contribution in [0.25, 0.3) is 10.9 Å². The Bertz CT molecular complexity index is 1100. The summed E-state index contributed by atoms with van der Waals surface area (Å²) in [4.78, 5) is 31.2. The highest BCUT2D eigenvalue weighted by Crippen LogP contribution is 2.27. The molecule has 1 atom stereocenters. The van der Waals surface area contributed by atoms with Gasteiger partial charge in [0.2, 0.25) is 0 Å². The predicted molar refractivity (Wildman–Crippen MR) is 111 cm³/mol. The van der Waals surface area contributed by atoms with Crippen molar-refractivity contribution in [3.05, 3.63) is 59.4 Å². The first-order chi connectivity index (χ1) is 14.5. The Morgan fingerprint density at radius 2 is 1.70 bits per heavy atom. The Morgan fingerprint density at radius 3 is 2.37 bits per heavy atom. The van der Waals surface area contributed by atoms with Gasteiger partial charge in [0, 0.05) is 38.1 Å². The van der Waals surface area contributed by atoms with Gasteiger partial charge in [-0.2, -0.15) is 5.10 Å². The molecule has 2 aromatic carbocycles. The molecule has 2 aliphatic rings. The van der Waals surface area contributed by atoms with E-state index in [0.29, 0.717) is 23.2 Å². The van der Waals surface area contributed by atoms with E-state index in [1.54, 1.807) is 30.3 Å². The highest BCUT2D eigenvalue weighted by molar-refractivity contribution is 6.21. The molecule has 8 heteroatoms. The van der Waals surface area contributed by atoms with E-state index in [-0.39, 0.29) is 23.7 Å². The van der Waals surface area contributed by atoms with E-state index in [1.807, 2.05) is 6.92 Å². The topological polar surface area (TPSA) is 72.5 Å². The fraction of sp³-hybridized carbons (Fsp3) is 0.318. The SMILES string of the molecule is CC(CN1CCN(c2n[nH]c3cc(F)ccc23)CC1)N1C(=O)c2ccccc2C1=O. The van der Waals surface area contributed by atoms with Gasteiger partial charge in [0.25, 0.3) is 11.8 Å². The largest absolute Gasteiger partial charge is 0.352 e. The number of nitrogens with one attached hydrogen (secondary N) is 1. The van der Waals surface area contributed by atoms with Gasteiger partial charge in [-0.15, -0.1) is 0 Å². The minimum absolute atomic E-state index is 0.210. The normalized spacial score (nSPS) is 18.3. The number of rotatable bonds is 4. The molecule has 1 N–H and O–H groups in total. The van der Waals surface area contributed by atoms with Crippen LogP contribution in [0.2, 0.25) is 0 Å². The molecule has 0 bridgehead atoms. The number of H-pyrrole nitrogens is 1. The van der Waals surface area contributed by atoms with Crippen LogP contribution in [-0.2, 0) is 0 Å². The average molecular weight is 407 g/mol. The zero-order chi connectivity index (χ0) is 20.8. The third kappa shape index (κ3) is 3.04. The molecular formula is C22H22FN5O2. The van der Waals surface area contributed by atoms with Gasteiger partial charge in [-0.1, -0.05) is 12.1 Å². The van der Waals surface area contributed by atoms with Crippen LogP contribution >= 0.6 is 0 Å². The molecule has 154 valence electrons. The van der Waals surface area contributed by atoms with E-state index in [9.17, 15) is 14.0 Å². The van der Waals surface area contributed by atoms with Crippen molar-refractivity contribution >= 4 is 28.5 Å². The van der Waals surface area contributed by atoms with E-state index in [2.05, 4.69) is 20.0 Å². The summed E-state index contributed by atoms with van der Waals surface area (Å²) < 4.78 is 13.4. The van der Waals surface area contributed by atoms with Gasteiger partial charge in [0.1, 0.15) is 5.82 Å². The fourth-order valence-corrected chi connectivity index (χ4v) is 4.42. The maximum absolute atomic E-state index is 13.4. The summed E-state index contributed by atoms with van der Waals surface area (Å²) in [6.45, 7) is 5.68. The second-order valence-corrected chi connectivity index (χ2v) is 7.90. The summed E-state index contributed by atoms with van der Waals surface area (Å²) in [5.74, 6) is 0.122. The molecule has 0 radical (unpaired) electrons. The Morgan fingerprint density at radius 1 is 1.03 bits per heavy atom. The van der Waals surface area contributed by atoms with Gasteiger partial charge in [0.15, 0.2) is 5.82 Å². The first-order valence-corrected chi connectivity index (χ1v) is 10.1. The Balaban J connectivity index is 1.23. The molecule has 1 unspecified atom stereocenters. The van der Waals surface area contributed by atoms with Crippen LogP contribution in [0.1, 0.15) is 27.6 Å². The second kappa shape index (κ2) is 7.21. The lowest BCUT2D eigenvalue weighted by atomic mass is 10.1. The highest BCUT2D eigenvalue weighted by Gasteiger charge is 2.38. The summed E-state index contributed by atoms with van der Waals surface area (Å²) in [6, 6.07) is 11.4. The molecule has 2 aliphatic heterocycles. The third-order valence-electron chi connectivity index (χ3n) is 5.97. The number of benzene rings is 2. The lowest BCUT2D eigenvalue weighted by Gasteiger charge is -2.37. The van der Waals surface area contributed by atoms with Crippen molar-refractivity contribution in [3.8, 4) is 0 Å². The number of halogens is 1. The van der Waals surface area contributed by atoms with Crippen LogP contribution in [0.15, 0.2) is 42.5 Å². The van der Waals surface area contributed by atoms with Crippen LogP contribution < -0.4 is 4.90 Å². The number of imide groups is 1. The lowest BCUT2D eigenvalue weighted by molar-refractivity contribution is 0.0557. The van der Waals surface area contributed by atoms with Gasteiger partial charge in [-0.25, -0.2) is 4.39 Å². The molecule has 2 amide bonds. The van der Waals surface area contributed by atoms with Crippen molar-refractivity contribution < 1.29 is 14.0 Å². The maximum Gasteiger partial charge on any atom is 0.261 e. The number of hydrogen-bond donors (Lipinski definition) is 1. The molecular weight excluding hydrogens is 385 g/mol. The van der Waals surface area contributed by atoms with E-state index in [1.165, 1.54) is 17.0 Å². The van der Waals surface area contributed by atoms with Crippen LogP contribution in [0.4, 0.5) is 10.2 Å². The maximum atomic E-state index is 13.4. The van der Waals surface area contributed by atoms with Gasteiger partial charge >= 0.3 is 0 Å². The molecule has 5 rings (SSSR count). The lowest BCUT2D eigenvalue weighted by Crippen LogP contribution is -2.52. The standard InChI is InChI=1S/C22H22FN5O2/c1-14(28-21(29)16-4-2-3-5-17(16)22(28)30)13-26-8-10-27(11-9-26)20-18-7-6-15(23)12-19(18)24-25-20/h2-7,12,14H,8-11,13H2,1H3,(H,24,25). The van der Waals surface area contributed by atoms with Crippen LogP contribution in [-0.4, -0.2) is 70.6 Å². The van der Waals surface area contributed by atoms with Crippen LogP contribution in [0.3, 0.4) is 0 Å². The number of piperazine rings is 1. The van der Waals surface area contributed by atoms with Crippen molar-refractivity contribution in [3.63, 3.8) is 0 Å². The fourth-order valence-electron chi connectivity index (χ4n) is 4.42. The van der Waals surface area contributed by atoms with Gasteiger partial charge < -0.3 is 4.90 Å². The number of fused-ring (bicyclic) bond motifs is 2. The molecule has 3 aromatic rings. The van der Waals surface area contributed by atoms with E-state index in [0.717, 1.165) is 37.4 Å². The summed E-state index contributed by atoms with van der Waals surface area (Å²) in [6.07, 6.45) is 0. The summed E-state index contributed by atoms with van der Waals surface area (Å²) >= 11 is 0. The zero-order valence-corrected chi connectivity index (χ0v) is 16.6. The van der Waals surface area contributed by atoms with Crippen molar-refractivity contribution in [2.45, 2.75) is 13.0 Å². The average Bonchev–Trinajstić information content (AvgIpc) is 3.27. The number of carbonyl (C=O) groups is 2. The Labute approximate surface area is 173 Å². The molecule has 1 fully saturated rings. The minimum atomic E-state index is -0.287. The van der Waals surface area contributed by atoms with Crippen molar-refractivity contribution in [1.82, 2.24) is 20.0 Å². The Hall–Kier alpha value is -3.26. The number of aromatic amines is 1. The number of anilines is 1. The molecule has 1 saturated heterocycles. The van der Waals surface area contributed by atoms with Crippen molar-refractivity contribution in [2.24, 2.45) is 0 Å². The van der Waals surface area contributed by atoms with Crippen molar-refractivity contribution in [2.75, 3.05) is 37.6 Å². The van der Waals surface area contributed by atoms with E-state index >= 15 is 0 Å². The molecule has 0 spiro atoms. The quantitative estimate of drug-likeness (QED) is 0.673. The number of carbonyl (C=O) groups excluding carboxylic acids is 2. The number of aromatic nitrogens is 2. The van der Waals surface area contributed by atoms with Gasteiger partial charge in [0.05, 0.1) is 22.7 Å². The summed E-state index contributed by atoms with van der Waals surface area (Å²) in [5, 5.41) is 8.18. The molecule has 7 nitrogen and oxygen atoms in total. The molecule has 1 aromatic heterocycles. The number of nitrogens with zero attached hydrogens (tertiary/aromatic N) is 4. The first-order valence-electron chi connectivity index (χ1n) is 10.1. The summed E-state index contributed by atoms with van der Waals surface area (Å²) in [7, 11) is 0. The number of hydrogen-bond acceptors (Lipinski definition) is 5.